The minimum atomic E-state index is -4.97. The highest BCUT2D eigenvalue weighted by Gasteiger charge is 2.40. The van der Waals surface area contributed by atoms with Crippen LogP contribution in [0.25, 0.3) is 10.6 Å². The maximum absolute atomic E-state index is 14.4. The van der Waals surface area contributed by atoms with Gasteiger partial charge in [0.2, 0.25) is 0 Å². The van der Waals surface area contributed by atoms with Gasteiger partial charge < -0.3 is 20.6 Å². The standard InChI is InChI=1S/C24H25F4N7O4S/c1-2-35-21(34-10-5-6-13(9-11-34)30-22(37)24(26,27)28)16(12-29-35)31-18(36)17-20(33-23(38)39)40-19(32-17)14-7-3-4-8-15(14)25/h3-4,7-8,12-13,33H,2,5-6,9-11H2,1H3,(H,30,37)(H,31,36)(H,38,39). The number of benzene rings is 1. The van der Waals surface area contributed by atoms with Crippen LogP contribution in [-0.2, 0) is 11.3 Å². The van der Waals surface area contributed by atoms with Gasteiger partial charge in [-0.25, -0.2) is 18.9 Å². The van der Waals surface area contributed by atoms with Gasteiger partial charge in [0.1, 0.15) is 21.5 Å². The third kappa shape index (κ3) is 6.50. The fraction of sp³-hybridized carbons (Fsp3) is 0.375. The van der Waals surface area contributed by atoms with Gasteiger partial charge in [-0.15, -0.1) is 0 Å². The number of carboxylic acid groups (broad SMARTS) is 1. The minimum absolute atomic E-state index is 0.0935. The topological polar surface area (TPSA) is 141 Å². The summed E-state index contributed by atoms with van der Waals surface area (Å²) in [6.45, 7) is 2.93. The van der Waals surface area contributed by atoms with Gasteiger partial charge in [-0.05, 0) is 38.3 Å². The highest BCUT2D eigenvalue weighted by atomic mass is 32.1. The van der Waals surface area contributed by atoms with Crippen LogP contribution in [0.1, 0.15) is 36.7 Å². The molecule has 3 heterocycles. The number of rotatable bonds is 7. The summed E-state index contributed by atoms with van der Waals surface area (Å²) in [4.78, 5) is 42.1. The van der Waals surface area contributed by atoms with Gasteiger partial charge in [0.15, 0.2) is 11.5 Å². The molecule has 3 amide bonds. The molecule has 1 aliphatic rings. The number of anilines is 3. The second kappa shape index (κ2) is 11.9. The average molecular weight is 584 g/mol. The Morgan fingerprint density at radius 2 is 1.90 bits per heavy atom. The Balaban J connectivity index is 1.57. The summed E-state index contributed by atoms with van der Waals surface area (Å²) < 4.78 is 54.1. The van der Waals surface area contributed by atoms with E-state index in [1.54, 1.807) is 10.7 Å². The van der Waals surface area contributed by atoms with Crippen molar-refractivity contribution < 1.29 is 37.1 Å². The Hall–Kier alpha value is -4.21. The molecule has 0 bridgehead atoms. The van der Waals surface area contributed by atoms with E-state index in [0.717, 1.165) is 11.3 Å². The first kappa shape index (κ1) is 28.8. The average Bonchev–Trinajstić information content (AvgIpc) is 3.41. The van der Waals surface area contributed by atoms with Crippen molar-refractivity contribution in [1.29, 1.82) is 0 Å². The normalized spacial score (nSPS) is 15.8. The van der Waals surface area contributed by atoms with Gasteiger partial charge in [-0.3, -0.25) is 14.9 Å². The Morgan fingerprint density at radius 1 is 1.15 bits per heavy atom. The van der Waals surface area contributed by atoms with Gasteiger partial charge in [-0.2, -0.15) is 18.3 Å². The molecule has 3 aromatic rings. The fourth-order valence-electron chi connectivity index (χ4n) is 4.34. The largest absolute Gasteiger partial charge is 0.471 e. The molecule has 16 heteroatoms. The number of aryl methyl sites for hydroxylation is 1. The maximum atomic E-state index is 14.4. The quantitative estimate of drug-likeness (QED) is 0.299. The van der Waals surface area contributed by atoms with Crippen molar-refractivity contribution in [3.8, 4) is 10.6 Å². The molecule has 1 atom stereocenters. The van der Waals surface area contributed by atoms with E-state index in [1.807, 2.05) is 17.1 Å². The number of hydrogen-bond acceptors (Lipinski definition) is 7. The number of alkyl halides is 3. The van der Waals surface area contributed by atoms with Crippen molar-refractivity contribution in [1.82, 2.24) is 20.1 Å². The Bertz CT molecular complexity index is 1410. The smallest absolute Gasteiger partial charge is 0.465 e. The highest BCUT2D eigenvalue weighted by Crippen LogP contribution is 2.35. The van der Waals surface area contributed by atoms with Crippen LogP contribution in [0.4, 0.5) is 38.9 Å². The molecule has 11 nitrogen and oxygen atoms in total. The second-order valence-electron chi connectivity index (χ2n) is 8.84. The van der Waals surface area contributed by atoms with Crippen LogP contribution < -0.4 is 20.9 Å². The Kier molecular flexibility index (Phi) is 8.56. The molecule has 1 aromatic carbocycles. The van der Waals surface area contributed by atoms with E-state index in [9.17, 15) is 37.1 Å². The zero-order chi connectivity index (χ0) is 29.0. The number of nitrogens with zero attached hydrogens (tertiary/aromatic N) is 4. The summed E-state index contributed by atoms with van der Waals surface area (Å²) in [5.41, 5.74) is 0.0919. The van der Waals surface area contributed by atoms with Gasteiger partial charge in [-0.1, -0.05) is 23.5 Å². The van der Waals surface area contributed by atoms with Crippen molar-refractivity contribution in [2.75, 3.05) is 28.6 Å². The Morgan fingerprint density at radius 3 is 2.58 bits per heavy atom. The predicted molar refractivity (Wildman–Crippen MR) is 139 cm³/mol. The fourth-order valence-corrected chi connectivity index (χ4v) is 5.32. The van der Waals surface area contributed by atoms with Crippen LogP contribution in [0.2, 0.25) is 0 Å². The predicted octanol–water partition coefficient (Wildman–Crippen LogP) is 4.55. The van der Waals surface area contributed by atoms with Crippen molar-refractivity contribution >= 4 is 45.8 Å². The SMILES string of the molecule is CCn1ncc(NC(=O)c2nc(-c3ccccc3F)sc2NC(=O)O)c1N1CCCC(NC(=O)C(F)(F)F)CC1. The molecule has 1 fully saturated rings. The first-order valence-corrected chi connectivity index (χ1v) is 13.0. The van der Waals surface area contributed by atoms with Crippen LogP contribution in [0.5, 0.6) is 0 Å². The van der Waals surface area contributed by atoms with Crippen LogP contribution in [0.15, 0.2) is 30.5 Å². The number of nitrogens with one attached hydrogen (secondary N) is 3. The molecular formula is C24H25F4N7O4S. The second-order valence-corrected chi connectivity index (χ2v) is 9.84. The first-order chi connectivity index (χ1) is 19.0. The van der Waals surface area contributed by atoms with Crippen LogP contribution in [-0.4, -0.2) is 63.1 Å². The molecule has 0 saturated carbocycles. The number of halogens is 4. The van der Waals surface area contributed by atoms with Crippen molar-refractivity contribution in [3.05, 3.63) is 42.0 Å². The molecule has 1 aliphatic heterocycles. The van der Waals surface area contributed by atoms with Gasteiger partial charge in [0.25, 0.3) is 5.91 Å². The van der Waals surface area contributed by atoms with Gasteiger partial charge in [0.05, 0.1) is 6.20 Å². The molecule has 0 spiro atoms. The van der Waals surface area contributed by atoms with Crippen LogP contribution >= 0.6 is 11.3 Å². The minimum Gasteiger partial charge on any atom is -0.465 e. The lowest BCUT2D eigenvalue weighted by Crippen LogP contribution is -2.43. The molecule has 214 valence electrons. The van der Waals surface area contributed by atoms with Crippen molar-refractivity contribution in [3.63, 3.8) is 0 Å². The third-order valence-corrected chi connectivity index (χ3v) is 7.15. The van der Waals surface area contributed by atoms with E-state index in [-0.39, 0.29) is 39.9 Å². The maximum Gasteiger partial charge on any atom is 0.471 e. The van der Waals surface area contributed by atoms with Gasteiger partial charge in [0, 0.05) is 31.2 Å². The number of carbonyl (C=O) groups is 3. The summed E-state index contributed by atoms with van der Waals surface area (Å²) in [5, 5.41) is 20.4. The highest BCUT2D eigenvalue weighted by molar-refractivity contribution is 7.19. The monoisotopic (exact) mass is 583 g/mol. The van der Waals surface area contributed by atoms with E-state index < -0.39 is 35.9 Å². The number of carbonyl (C=O) groups excluding carboxylic acids is 2. The zero-order valence-corrected chi connectivity index (χ0v) is 21.9. The zero-order valence-electron chi connectivity index (χ0n) is 21.1. The van der Waals surface area contributed by atoms with E-state index in [0.29, 0.717) is 31.7 Å². The van der Waals surface area contributed by atoms with E-state index >= 15 is 0 Å². The van der Waals surface area contributed by atoms with Gasteiger partial charge >= 0.3 is 18.2 Å². The van der Waals surface area contributed by atoms with E-state index in [4.69, 9.17) is 0 Å². The molecular weight excluding hydrogens is 558 g/mol. The summed E-state index contributed by atoms with van der Waals surface area (Å²) >= 11 is 0.796. The lowest BCUT2D eigenvalue weighted by Gasteiger charge is -2.25. The Labute approximate surface area is 229 Å². The molecule has 4 rings (SSSR count). The van der Waals surface area contributed by atoms with E-state index in [2.05, 4.69) is 20.7 Å². The van der Waals surface area contributed by atoms with Crippen molar-refractivity contribution in [2.45, 2.75) is 44.9 Å². The summed E-state index contributed by atoms with van der Waals surface area (Å²) in [6, 6.07) is 5.06. The molecule has 1 saturated heterocycles. The first-order valence-electron chi connectivity index (χ1n) is 12.2. The van der Waals surface area contributed by atoms with E-state index in [1.165, 1.54) is 24.4 Å². The molecule has 0 aliphatic carbocycles. The number of amides is 3. The number of thiazole rings is 1. The van der Waals surface area contributed by atoms with Crippen LogP contribution in [0, 0.1) is 5.82 Å². The summed E-state index contributed by atoms with van der Waals surface area (Å²) in [5.74, 6) is -2.86. The van der Waals surface area contributed by atoms with Crippen molar-refractivity contribution in [2.24, 2.45) is 0 Å². The lowest BCUT2D eigenvalue weighted by atomic mass is 10.1. The molecule has 2 aromatic heterocycles. The third-order valence-electron chi connectivity index (χ3n) is 6.15. The molecule has 4 N–H and O–H groups in total. The van der Waals surface area contributed by atoms with Crippen LogP contribution in [0.3, 0.4) is 0 Å². The number of aromatic nitrogens is 3. The molecule has 0 radical (unpaired) electrons. The summed E-state index contributed by atoms with van der Waals surface area (Å²) in [6.07, 6.45) is -3.97. The summed E-state index contributed by atoms with van der Waals surface area (Å²) in [7, 11) is 0. The molecule has 40 heavy (non-hydrogen) atoms. The molecule has 1 unspecified atom stereocenters. The lowest BCUT2D eigenvalue weighted by molar-refractivity contribution is -0.174. The number of hydrogen-bond donors (Lipinski definition) is 4.